The Kier molecular flexibility index (Phi) is 6.10. The van der Waals surface area contributed by atoms with E-state index in [0.29, 0.717) is 16.5 Å². The maximum atomic E-state index is 11.9. The predicted molar refractivity (Wildman–Crippen MR) is 80.5 cm³/mol. The van der Waals surface area contributed by atoms with Crippen molar-refractivity contribution in [1.82, 2.24) is 4.90 Å². The molecule has 0 fully saturated rings. The zero-order chi connectivity index (χ0) is 15.3. The van der Waals surface area contributed by atoms with Gasteiger partial charge in [-0.1, -0.05) is 11.6 Å². The molecule has 2 N–H and O–H groups in total. The number of hydrogen-bond donors (Lipinski definition) is 2. The molecule has 0 aliphatic carbocycles. The third kappa shape index (κ3) is 4.58. The van der Waals surface area contributed by atoms with Crippen molar-refractivity contribution in [3.8, 4) is 5.75 Å². The van der Waals surface area contributed by atoms with Gasteiger partial charge in [-0.25, -0.2) is 4.79 Å². The van der Waals surface area contributed by atoms with Gasteiger partial charge in [0.25, 0.3) is 0 Å². The van der Waals surface area contributed by atoms with Gasteiger partial charge in [-0.2, -0.15) is 0 Å². The number of aliphatic hydroxyl groups is 1. The van der Waals surface area contributed by atoms with Crippen molar-refractivity contribution in [2.45, 2.75) is 32.9 Å². The van der Waals surface area contributed by atoms with Crippen LogP contribution in [0.3, 0.4) is 0 Å². The molecule has 1 rings (SSSR count). The second-order valence-electron chi connectivity index (χ2n) is 4.88. The third-order valence-electron chi connectivity index (χ3n) is 2.79. The third-order valence-corrected chi connectivity index (χ3v) is 3.09. The van der Waals surface area contributed by atoms with Crippen LogP contribution in [0.15, 0.2) is 18.2 Å². The van der Waals surface area contributed by atoms with Crippen molar-refractivity contribution in [3.05, 3.63) is 23.2 Å². The smallest absolute Gasteiger partial charge is 0.321 e. The quantitative estimate of drug-likeness (QED) is 0.879. The highest BCUT2D eigenvalue weighted by Crippen LogP contribution is 2.28. The molecular weight excluding hydrogens is 280 g/mol. The summed E-state index contributed by atoms with van der Waals surface area (Å²) in [6, 6.07) is 4.51. The minimum absolute atomic E-state index is 0.0319. The molecule has 0 saturated heterocycles. The van der Waals surface area contributed by atoms with Gasteiger partial charge in [0.2, 0.25) is 0 Å². The molecule has 1 aromatic rings. The van der Waals surface area contributed by atoms with Gasteiger partial charge in [0, 0.05) is 12.7 Å². The number of aliphatic hydroxyl groups excluding tert-OH is 1. The monoisotopic (exact) mass is 300 g/mol. The van der Waals surface area contributed by atoms with Crippen LogP contribution in [-0.4, -0.2) is 41.8 Å². The lowest BCUT2D eigenvalue weighted by Crippen LogP contribution is -2.40. The Morgan fingerprint density at radius 1 is 1.45 bits per heavy atom. The number of carbonyl (C=O) groups is 1. The Hall–Kier alpha value is -1.46. The largest absolute Gasteiger partial charge is 0.489 e. The molecule has 0 heterocycles. The van der Waals surface area contributed by atoms with Crippen LogP contribution in [0.25, 0.3) is 0 Å². The van der Waals surface area contributed by atoms with Crippen LogP contribution in [0.5, 0.6) is 5.75 Å². The van der Waals surface area contributed by atoms with E-state index in [2.05, 4.69) is 5.32 Å². The summed E-state index contributed by atoms with van der Waals surface area (Å²) < 4.78 is 5.52. The Bertz CT molecular complexity index is 466. The summed E-state index contributed by atoms with van der Waals surface area (Å²) >= 11 is 6.10. The van der Waals surface area contributed by atoms with Crippen LogP contribution < -0.4 is 10.1 Å². The Labute approximate surface area is 124 Å². The number of anilines is 1. The van der Waals surface area contributed by atoms with E-state index in [-0.39, 0.29) is 24.8 Å². The van der Waals surface area contributed by atoms with Crippen molar-refractivity contribution in [2.75, 3.05) is 19.0 Å². The molecule has 1 atom stereocenters. The lowest BCUT2D eigenvalue weighted by Gasteiger charge is -2.23. The summed E-state index contributed by atoms with van der Waals surface area (Å²) in [6.45, 7) is 5.49. The number of benzene rings is 1. The van der Waals surface area contributed by atoms with Gasteiger partial charge < -0.3 is 20.1 Å². The second-order valence-corrected chi connectivity index (χ2v) is 5.29. The average Bonchev–Trinajstić information content (AvgIpc) is 2.39. The molecule has 0 saturated carbocycles. The highest BCUT2D eigenvalue weighted by molar-refractivity contribution is 6.32. The number of hydrogen-bond acceptors (Lipinski definition) is 3. The molecular formula is C14H21ClN2O3. The SMILES string of the molecule is CC(C)Oc1ccc(NC(=O)N(C)C(C)CO)cc1Cl. The van der Waals surface area contributed by atoms with Gasteiger partial charge in [0.1, 0.15) is 5.75 Å². The van der Waals surface area contributed by atoms with Crippen molar-refractivity contribution in [1.29, 1.82) is 0 Å². The molecule has 1 aromatic carbocycles. The number of likely N-dealkylation sites (N-methyl/N-ethyl adjacent to an activating group) is 1. The van der Waals surface area contributed by atoms with E-state index in [1.807, 2.05) is 13.8 Å². The Balaban J connectivity index is 2.74. The van der Waals surface area contributed by atoms with E-state index < -0.39 is 0 Å². The number of nitrogens with one attached hydrogen (secondary N) is 1. The predicted octanol–water partition coefficient (Wildman–Crippen LogP) is 2.97. The van der Waals surface area contributed by atoms with Crippen LogP contribution in [0, 0.1) is 0 Å². The zero-order valence-corrected chi connectivity index (χ0v) is 12.9. The summed E-state index contributed by atoms with van der Waals surface area (Å²) in [6.07, 6.45) is 0.0319. The first kappa shape index (κ1) is 16.6. The minimum Gasteiger partial charge on any atom is -0.489 e. The first-order chi connectivity index (χ1) is 9.35. The van der Waals surface area contributed by atoms with Crippen LogP contribution in [0.2, 0.25) is 5.02 Å². The number of halogens is 1. The van der Waals surface area contributed by atoms with E-state index >= 15 is 0 Å². The maximum absolute atomic E-state index is 11.9. The Morgan fingerprint density at radius 2 is 2.10 bits per heavy atom. The van der Waals surface area contributed by atoms with Crippen LogP contribution in [0.4, 0.5) is 10.5 Å². The van der Waals surface area contributed by atoms with Crippen molar-refractivity contribution >= 4 is 23.3 Å². The van der Waals surface area contributed by atoms with E-state index in [0.717, 1.165) is 0 Å². The topological polar surface area (TPSA) is 61.8 Å². The standard InChI is InChI=1S/C14H21ClN2O3/c1-9(2)20-13-6-5-11(7-12(13)15)16-14(19)17(4)10(3)8-18/h5-7,9-10,18H,8H2,1-4H3,(H,16,19). The van der Waals surface area contributed by atoms with E-state index in [4.69, 9.17) is 21.4 Å². The van der Waals surface area contributed by atoms with Gasteiger partial charge in [0.15, 0.2) is 0 Å². The molecule has 0 bridgehead atoms. The molecule has 20 heavy (non-hydrogen) atoms. The minimum atomic E-state index is -0.305. The highest BCUT2D eigenvalue weighted by Gasteiger charge is 2.15. The number of rotatable bonds is 5. The lowest BCUT2D eigenvalue weighted by atomic mass is 10.3. The molecule has 5 nitrogen and oxygen atoms in total. The highest BCUT2D eigenvalue weighted by atomic mass is 35.5. The molecule has 2 amide bonds. The first-order valence-electron chi connectivity index (χ1n) is 6.46. The van der Waals surface area contributed by atoms with Gasteiger partial charge in [-0.05, 0) is 39.0 Å². The summed E-state index contributed by atoms with van der Waals surface area (Å²) in [5, 5.41) is 12.2. The van der Waals surface area contributed by atoms with E-state index in [9.17, 15) is 4.79 Å². The second kappa shape index (κ2) is 7.36. The van der Waals surface area contributed by atoms with Crippen LogP contribution >= 0.6 is 11.6 Å². The zero-order valence-electron chi connectivity index (χ0n) is 12.2. The van der Waals surface area contributed by atoms with E-state index in [1.54, 1.807) is 32.2 Å². The van der Waals surface area contributed by atoms with Gasteiger partial charge in [-0.15, -0.1) is 0 Å². The molecule has 0 aliphatic rings. The molecule has 0 aliphatic heterocycles. The van der Waals surface area contributed by atoms with Crippen molar-refractivity contribution in [3.63, 3.8) is 0 Å². The molecule has 0 spiro atoms. The van der Waals surface area contributed by atoms with Gasteiger partial charge >= 0.3 is 6.03 Å². The van der Waals surface area contributed by atoms with E-state index in [1.165, 1.54) is 4.90 Å². The normalized spacial score (nSPS) is 12.2. The Morgan fingerprint density at radius 3 is 2.60 bits per heavy atom. The molecule has 1 unspecified atom stereocenters. The van der Waals surface area contributed by atoms with Gasteiger partial charge in [0.05, 0.1) is 23.8 Å². The summed E-state index contributed by atoms with van der Waals surface area (Å²) in [4.78, 5) is 13.3. The number of carbonyl (C=O) groups excluding carboxylic acids is 1. The number of ether oxygens (including phenoxy) is 1. The number of urea groups is 1. The fraction of sp³-hybridized carbons (Fsp3) is 0.500. The summed E-state index contributed by atoms with van der Waals surface area (Å²) in [5.41, 5.74) is 0.577. The number of nitrogens with zero attached hydrogens (tertiary/aromatic N) is 1. The maximum Gasteiger partial charge on any atom is 0.321 e. The van der Waals surface area contributed by atoms with Crippen LogP contribution in [0.1, 0.15) is 20.8 Å². The lowest BCUT2D eigenvalue weighted by molar-refractivity contribution is 0.166. The molecule has 0 aromatic heterocycles. The fourth-order valence-corrected chi connectivity index (χ4v) is 1.69. The van der Waals surface area contributed by atoms with Crippen molar-refractivity contribution < 1.29 is 14.6 Å². The number of amides is 2. The molecule has 6 heteroatoms. The summed E-state index contributed by atoms with van der Waals surface area (Å²) in [5.74, 6) is 0.580. The summed E-state index contributed by atoms with van der Waals surface area (Å²) in [7, 11) is 1.62. The van der Waals surface area contributed by atoms with Crippen molar-refractivity contribution in [2.24, 2.45) is 0 Å². The first-order valence-corrected chi connectivity index (χ1v) is 6.83. The average molecular weight is 301 g/mol. The van der Waals surface area contributed by atoms with Crippen LogP contribution in [-0.2, 0) is 0 Å². The van der Waals surface area contributed by atoms with Gasteiger partial charge in [-0.3, -0.25) is 0 Å². The molecule has 0 radical (unpaired) electrons. The molecule has 112 valence electrons. The fourth-order valence-electron chi connectivity index (χ4n) is 1.46.